The second-order valence-corrected chi connectivity index (χ2v) is 11.3. The summed E-state index contributed by atoms with van der Waals surface area (Å²) in [6.07, 6.45) is 3.98. The Kier molecular flexibility index (Phi) is 5.32. The number of nitrogens with zero attached hydrogens (tertiary/aromatic N) is 3. The van der Waals surface area contributed by atoms with E-state index in [2.05, 4.69) is 10.3 Å². The predicted molar refractivity (Wildman–Crippen MR) is 115 cm³/mol. The number of sulfonamides is 1. The lowest BCUT2D eigenvalue weighted by Gasteiger charge is -2.40. The largest absolute Gasteiger partial charge is 0.484 e. The van der Waals surface area contributed by atoms with Crippen LogP contribution in [-0.2, 0) is 10.0 Å². The van der Waals surface area contributed by atoms with E-state index in [0.29, 0.717) is 19.6 Å². The quantitative estimate of drug-likeness (QED) is 0.772. The second kappa shape index (κ2) is 7.97. The lowest BCUT2D eigenvalue weighted by Crippen LogP contribution is -2.60. The fraction of sp³-hybridized carbons (Fsp3) is 0.600. The highest BCUT2D eigenvalue weighted by atomic mass is 32.2. The van der Waals surface area contributed by atoms with Crippen LogP contribution in [0.25, 0.3) is 10.2 Å². The molecule has 1 aromatic carbocycles. The maximum Gasteiger partial charge on any atom is 0.317 e. The Labute approximate surface area is 180 Å². The molecule has 3 heterocycles. The number of amides is 2. The number of aromatic nitrogens is 1. The van der Waals surface area contributed by atoms with Crippen LogP contribution in [0.1, 0.15) is 32.1 Å². The zero-order valence-electron chi connectivity index (χ0n) is 16.7. The van der Waals surface area contributed by atoms with Crippen molar-refractivity contribution in [3.8, 4) is 5.75 Å². The van der Waals surface area contributed by atoms with Gasteiger partial charge in [0.25, 0.3) is 0 Å². The molecule has 1 aromatic heterocycles. The van der Waals surface area contributed by atoms with E-state index in [4.69, 9.17) is 4.74 Å². The minimum absolute atomic E-state index is 0.0147. The van der Waals surface area contributed by atoms with Gasteiger partial charge in [-0.3, -0.25) is 0 Å². The van der Waals surface area contributed by atoms with Gasteiger partial charge >= 0.3 is 6.03 Å². The number of carbonyl (C=O) groups is 1. The van der Waals surface area contributed by atoms with Gasteiger partial charge in [-0.2, -0.15) is 4.31 Å². The number of fused-ring (bicyclic) bond motifs is 1. The Morgan fingerprint density at radius 3 is 2.73 bits per heavy atom. The van der Waals surface area contributed by atoms with E-state index < -0.39 is 10.0 Å². The molecule has 2 aliphatic heterocycles. The van der Waals surface area contributed by atoms with Crippen molar-refractivity contribution in [3.05, 3.63) is 23.7 Å². The maximum atomic E-state index is 12.5. The number of rotatable bonds is 4. The number of thiazole rings is 1. The molecule has 0 atom stereocenters. The van der Waals surface area contributed by atoms with Crippen LogP contribution >= 0.6 is 11.3 Å². The average Bonchev–Trinajstić information content (AvgIpc) is 3.31. The first-order chi connectivity index (χ1) is 14.5. The van der Waals surface area contributed by atoms with Crippen LogP contribution in [-0.4, -0.2) is 72.2 Å². The number of carbonyl (C=O) groups excluding carboxylic acids is 1. The van der Waals surface area contributed by atoms with Crippen molar-refractivity contribution in [1.29, 1.82) is 0 Å². The van der Waals surface area contributed by atoms with Gasteiger partial charge in [-0.15, -0.1) is 11.3 Å². The average molecular weight is 451 g/mol. The molecule has 0 spiro atoms. The van der Waals surface area contributed by atoms with E-state index in [-0.39, 0.29) is 30.0 Å². The molecule has 2 amide bonds. The first kappa shape index (κ1) is 20.0. The molecule has 2 saturated heterocycles. The number of para-hydroxylation sites is 1. The van der Waals surface area contributed by atoms with Crippen molar-refractivity contribution in [2.45, 2.75) is 50.3 Å². The highest BCUT2D eigenvalue weighted by Gasteiger charge is 2.38. The molecular formula is C20H26N4O4S2. The summed E-state index contributed by atoms with van der Waals surface area (Å²) in [5.74, 6) is 1.05. The third kappa shape index (κ3) is 3.88. The number of nitrogens with one attached hydrogen (secondary N) is 1. The summed E-state index contributed by atoms with van der Waals surface area (Å²) in [5, 5.41) is 3.12. The van der Waals surface area contributed by atoms with Crippen molar-refractivity contribution in [2.24, 2.45) is 0 Å². The fourth-order valence-electron chi connectivity index (χ4n) is 4.66. The van der Waals surface area contributed by atoms with E-state index in [1.165, 1.54) is 0 Å². The standard InChI is InChI=1S/C20H26N4O4S2/c25-20(22-14-5-7-15(8-6-14)24-9-2-10-30(24,26)27)23-11-16(12-23)28-17-3-1-4-18-19(17)21-13-29-18/h1,3-4,13-16H,2,5-12H2,(H,22,25)/t14-,15-. The number of likely N-dealkylation sites (tertiary alicyclic amines) is 1. The molecule has 5 rings (SSSR count). The maximum absolute atomic E-state index is 12.5. The fourth-order valence-corrected chi connectivity index (χ4v) is 7.15. The van der Waals surface area contributed by atoms with Gasteiger partial charge in [0.1, 0.15) is 17.4 Å². The van der Waals surface area contributed by atoms with Gasteiger partial charge in [0.2, 0.25) is 10.0 Å². The normalized spacial score (nSPS) is 27.1. The van der Waals surface area contributed by atoms with Gasteiger partial charge in [0.05, 0.1) is 29.1 Å². The van der Waals surface area contributed by atoms with E-state index in [9.17, 15) is 13.2 Å². The van der Waals surface area contributed by atoms with Crippen molar-refractivity contribution >= 4 is 37.6 Å². The Bertz CT molecular complexity index is 1030. The van der Waals surface area contributed by atoms with E-state index in [1.807, 2.05) is 23.7 Å². The molecule has 2 aromatic rings. The van der Waals surface area contributed by atoms with Gasteiger partial charge in [0, 0.05) is 18.6 Å². The van der Waals surface area contributed by atoms with Gasteiger partial charge < -0.3 is 15.0 Å². The topological polar surface area (TPSA) is 91.8 Å². The molecular weight excluding hydrogens is 424 g/mol. The summed E-state index contributed by atoms with van der Waals surface area (Å²) in [7, 11) is -3.06. The smallest absolute Gasteiger partial charge is 0.317 e. The van der Waals surface area contributed by atoms with Crippen molar-refractivity contribution in [1.82, 2.24) is 19.5 Å². The summed E-state index contributed by atoms with van der Waals surface area (Å²) < 4.78 is 33.0. The molecule has 3 aliphatic rings. The molecule has 1 saturated carbocycles. The lowest BCUT2D eigenvalue weighted by molar-refractivity contribution is 0.0435. The van der Waals surface area contributed by atoms with Crippen LogP contribution in [0.5, 0.6) is 5.75 Å². The van der Waals surface area contributed by atoms with E-state index in [0.717, 1.165) is 48.1 Å². The molecule has 30 heavy (non-hydrogen) atoms. The Morgan fingerprint density at radius 1 is 1.20 bits per heavy atom. The highest BCUT2D eigenvalue weighted by Crippen LogP contribution is 2.30. The zero-order valence-corrected chi connectivity index (χ0v) is 18.3. The molecule has 1 aliphatic carbocycles. The van der Waals surface area contributed by atoms with Crippen LogP contribution in [0.4, 0.5) is 4.79 Å². The van der Waals surface area contributed by atoms with Crippen molar-refractivity contribution in [3.63, 3.8) is 0 Å². The lowest BCUT2D eigenvalue weighted by atomic mass is 9.91. The zero-order chi connectivity index (χ0) is 20.7. The SMILES string of the molecule is O=C(N[C@H]1CC[C@H](N2CCCS2(=O)=O)CC1)N1CC(Oc2cccc3scnc23)C1. The molecule has 8 nitrogen and oxygen atoms in total. The van der Waals surface area contributed by atoms with Gasteiger partial charge in [-0.05, 0) is 44.2 Å². The Hall–Kier alpha value is -1.91. The van der Waals surface area contributed by atoms with Gasteiger partial charge in [-0.1, -0.05) is 6.07 Å². The number of benzene rings is 1. The third-order valence-electron chi connectivity index (χ3n) is 6.32. The Morgan fingerprint density at radius 2 is 2.00 bits per heavy atom. The van der Waals surface area contributed by atoms with Crippen LogP contribution in [0.3, 0.4) is 0 Å². The first-order valence-electron chi connectivity index (χ1n) is 10.5. The van der Waals surface area contributed by atoms with Crippen LogP contribution in [0, 0.1) is 0 Å². The number of hydrogen-bond acceptors (Lipinski definition) is 6. The predicted octanol–water partition coefficient (Wildman–Crippen LogP) is 2.42. The number of hydrogen-bond donors (Lipinski definition) is 1. The van der Waals surface area contributed by atoms with Crippen LogP contribution in [0.15, 0.2) is 23.7 Å². The minimum atomic E-state index is -3.06. The summed E-state index contributed by atoms with van der Waals surface area (Å²) in [4.78, 5) is 18.7. The number of ether oxygens (including phenoxy) is 1. The Balaban J connectivity index is 1.07. The number of urea groups is 1. The summed E-state index contributed by atoms with van der Waals surface area (Å²) in [6.45, 7) is 1.77. The second-order valence-electron chi connectivity index (χ2n) is 8.34. The molecule has 0 radical (unpaired) electrons. The molecule has 162 valence electrons. The van der Waals surface area contributed by atoms with Gasteiger partial charge in [-0.25, -0.2) is 18.2 Å². The minimum Gasteiger partial charge on any atom is -0.484 e. The van der Waals surface area contributed by atoms with Crippen LogP contribution < -0.4 is 10.1 Å². The van der Waals surface area contributed by atoms with Crippen molar-refractivity contribution in [2.75, 3.05) is 25.4 Å². The third-order valence-corrected chi connectivity index (χ3v) is 9.12. The summed E-state index contributed by atoms with van der Waals surface area (Å²) in [6, 6.07) is 6.06. The van der Waals surface area contributed by atoms with Crippen molar-refractivity contribution < 1.29 is 17.9 Å². The van der Waals surface area contributed by atoms with E-state index >= 15 is 0 Å². The molecule has 0 unspecified atom stereocenters. The first-order valence-corrected chi connectivity index (χ1v) is 13.0. The van der Waals surface area contributed by atoms with E-state index in [1.54, 1.807) is 20.5 Å². The molecule has 1 N–H and O–H groups in total. The van der Waals surface area contributed by atoms with Gasteiger partial charge in [0.15, 0.2) is 0 Å². The molecule has 10 heteroatoms. The summed E-state index contributed by atoms with van der Waals surface area (Å²) in [5.41, 5.74) is 2.69. The van der Waals surface area contributed by atoms with Crippen LogP contribution in [0.2, 0.25) is 0 Å². The highest BCUT2D eigenvalue weighted by molar-refractivity contribution is 7.89. The summed E-state index contributed by atoms with van der Waals surface area (Å²) >= 11 is 1.58. The monoisotopic (exact) mass is 450 g/mol. The molecule has 3 fully saturated rings. The molecule has 0 bridgehead atoms.